The van der Waals surface area contributed by atoms with E-state index in [2.05, 4.69) is 10.4 Å². The number of aliphatic carboxylic acids is 1. The third kappa shape index (κ3) is 2.20. The van der Waals surface area contributed by atoms with Crippen molar-refractivity contribution < 1.29 is 14.7 Å². The topological polar surface area (TPSA) is 84.2 Å². The molecule has 0 unspecified atom stereocenters. The molecule has 7 heteroatoms. The van der Waals surface area contributed by atoms with Crippen LogP contribution in [0.1, 0.15) is 24.2 Å². The van der Waals surface area contributed by atoms with Crippen LogP contribution in [0.5, 0.6) is 0 Å². The lowest BCUT2D eigenvalue weighted by Crippen LogP contribution is -2.44. The Balaban J connectivity index is 2.04. The molecule has 0 atom stereocenters. The van der Waals surface area contributed by atoms with Crippen molar-refractivity contribution in [3.05, 3.63) is 16.4 Å². The molecular weight excluding hydrogens is 258 g/mol. The highest BCUT2D eigenvalue weighted by Gasteiger charge is 2.51. The third-order valence-electron chi connectivity index (χ3n) is 3.12. The molecule has 0 radical (unpaired) electrons. The number of carboxylic acids is 1. The number of carbonyl (C=O) groups excluding carboxylic acids is 1. The van der Waals surface area contributed by atoms with Gasteiger partial charge in [-0.2, -0.15) is 5.10 Å². The molecule has 0 saturated heterocycles. The van der Waals surface area contributed by atoms with Crippen LogP contribution in [0.25, 0.3) is 0 Å². The van der Waals surface area contributed by atoms with Gasteiger partial charge in [0.2, 0.25) is 5.91 Å². The predicted octanol–water partition coefficient (Wildman–Crippen LogP) is 0.887. The van der Waals surface area contributed by atoms with Gasteiger partial charge in [-0.25, -0.2) is 4.79 Å². The van der Waals surface area contributed by atoms with Gasteiger partial charge in [-0.1, -0.05) is 11.6 Å². The second kappa shape index (κ2) is 4.28. The summed E-state index contributed by atoms with van der Waals surface area (Å²) in [5, 5.41) is 16.1. The summed E-state index contributed by atoms with van der Waals surface area (Å²) in [6, 6.07) is 0. The van der Waals surface area contributed by atoms with Gasteiger partial charge in [0.05, 0.1) is 16.4 Å². The van der Waals surface area contributed by atoms with Gasteiger partial charge in [-0.3, -0.25) is 9.48 Å². The van der Waals surface area contributed by atoms with E-state index in [1.807, 2.05) is 0 Å². The molecule has 98 valence electrons. The SMILES string of the molecule is Cc1nn(CC(=O)NC2(C(=O)O)CC2)c(C)c1Cl. The van der Waals surface area contributed by atoms with Gasteiger partial charge < -0.3 is 10.4 Å². The Labute approximate surface area is 109 Å². The molecule has 2 rings (SSSR count). The molecule has 1 amide bonds. The van der Waals surface area contributed by atoms with E-state index < -0.39 is 11.5 Å². The van der Waals surface area contributed by atoms with E-state index in [-0.39, 0.29) is 12.5 Å². The standard InChI is InChI=1S/C11H14ClN3O3/c1-6-9(12)7(2)15(14-6)5-8(16)13-11(3-4-11)10(17)18/h3-5H2,1-2H3,(H,13,16)(H,17,18). The van der Waals surface area contributed by atoms with Crippen molar-refractivity contribution in [3.8, 4) is 0 Å². The lowest BCUT2D eigenvalue weighted by atomic mass is 10.3. The fraction of sp³-hybridized carbons (Fsp3) is 0.545. The number of rotatable bonds is 4. The number of hydrogen-bond acceptors (Lipinski definition) is 3. The highest BCUT2D eigenvalue weighted by Crippen LogP contribution is 2.35. The van der Waals surface area contributed by atoms with Crippen molar-refractivity contribution in [3.63, 3.8) is 0 Å². The zero-order valence-electron chi connectivity index (χ0n) is 10.2. The van der Waals surface area contributed by atoms with Crippen LogP contribution >= 0.6 is 11.6 Å². The third-order valence-corrected chi connectivity index (χ3v) is 3.67. The highest BCUT2D eigenvalue weighted by molar-refractivity contribution is 6.31. The zero-order valence-corrected chi connectivity index (χ0v) is 10.9. The van der Waals surface area contributed by atoms with E-state index in [0.717, 1.165) is 0 Å². The van der Waals surface area contributed by atoms with Gasteiger partial charge in [-0.05, 0) is 26.7 Å². The molecule has 18 heavy (non-hydrogen) atoms. The molecular formula is C11H14ClN3O3. The Morgan fingerprint density at radius 1 is 1.50 bits per heavy atom. The molecule has 1 saturated carbocycles. The van der Waals surface area contributed by atoms with Gasteiger partial charge >= 0.3 is 5.97 Å². The first-order valence-corrected chi connectivity index (χ1v) is 5.97. The molecule has 0 bridgehead atoms. The van der Waals surface area contributed by atoms with Crippen LogP contribution in [0.15, 0.2) is 0 Å². The van der Waals surface area contributed by atoms with E-state index in [4.69, 9.17) is 16.7 Å². The Morgan fingerprint density at radius 3 is 2.50 bits per heavy atom. The van der Waals surface area contributed by atoms with Gasteiger partial charge in [0.15, 0.2) is 0 Å². The first-order valence-electron chi connectivity index (χ1n) is 5.59. The van der Waals surface area contributed by atoms with Crippen LogP contribution in [0.4, 0.5) is 0 Å². The number of halogens is 1. The molecule has 1 fully saturated rings. The Morgan fingerprint density at radius 2 is 2.11 bits per heavy atom. The van der Waals surface area contributed by atoms with Gasteiger partial charge in [0.25, 0.3) is 0 Å². The van der Waals surface area contributed by atoms with Crippen LogP contribution in [0.2, 0.25) is 5.02 Å². The van der Waals surface area contributed by atoms with Crippen molar-refractivity contribution in [2.75, 3.05) is 0 Å². The fourth-order valence-corrected chi connectivity index (χ4v) is 1.92. The molecule has 0 aliphatic heterocycles. The predicted molar refractivity (Wildman–Crippen MR) is 64.5 cm³/mol. The minimum Gasteiger partial charge on any atom is -0.480 e. The minimum atomic E-state index is -1.06. The van der Waals surface area contributed by atoms with E-state index in [1.165, 1.54) is 4.68 Å². The summed E-state index contributed by atoms with van der Waals surface area (Å²) in [4.78, 5) is 22.7. The van der Waals surface area contributed by atoms with Crippen LogP contribution < -0.4 is 5.32 Å². The van der Waals surface area contributed by atoms with Crippen molar-refractivity contribution >= 4 is 23.5 Å². The largest absolute Gasteiger partial charge is 0.480 e. The number of aryl methyl sites for hydroxylation is 1. The van der Waals surface area contributed by atoms with Crippen LogP contribution in [-0.2, 0) is 16.1 Å². The lowest BCUT2D eigenvalue weighted by Gasteiger charge is -2.12. The summed E-state index contributed by atoms with van der Waals surface area (Å²) in [5.41, 5.74) is 0.294. The molecule has 2 N–H and O–H groups in total. The average Bonchev–Trinajstić information content (AvgIpc) is 3.02. The quantitative estimate of drug-likeness (QED) is 0.852. The second-order valence-electron chi connectivity index (χ2n) is 4.58. The number of nitrogens with zero attached hydrogens (tertiary/aromatic N) is 2. The monoisotopic (exact) mass is 271 g/mol. The molecule has 6 nitrogen and oxygen atoms in total. The van der Waals surface area contributed by atoms with E-state index >= 15 is 0 Å². The van der Waals surface area contributed by atoms with Crippen LogP contribution in [0.3, 0.4) is 0 Å². The highest BCUT2D eigenvalue weighted by atomic mass is 35.5. The first-order chi connectivity index (χ1) is 8.35. The van der Waals surface area contributed by atoms with Crippen LogP contribution in [0, 0.1) is 13.8 Å². The average molecular weight is 272 g/mol. The minimum absolute atomic E-state index is 0.0194. The molecule has 1 aliphatic carbocycles. The van der Waals surface area contributed by atoms with Gasteiger partial charge in [-0.15, -0.1) is 0 Å². The number of carboxylic acid groups (broad SMARTS) is 1. The molecule has 0 spiro atoms. The maximum absolute atomic E-state index is 11.8. The van der Waals surface area contributed by atoms with Crippen molar-refractivity contribution in [2.45, 2.75) is 38.8 Å². The first kappa shape index (κ1) is 12.9. The number of carbonyl (C=O) groups is 2. The summed E-state index contributed by atoms with van der Waals surface area (Å²) in [6.45, 7) is 3.50. The number of hydrogen-bond donors (Lipinski definition) is 2. The Hall–Kier alpha value is -1.56. The normalized spacial score (nSPS) is 16.4. The van der Waals surface area contributed by atoms with Crippen molar-refractivity contribution in [2.24, 2.45) is 0 Å². The summed E-state index contributed by atoms with van der Waals surface area (Å²) < 4.78 is 1.48. The van der Waals surface area contributed by atoms with Gasteiger partial charge in [0.1, 0.15) is 12.1 Å². The summed E-state index contributed by atoms with van der Waals surface area (Å²) >= 11 is 5.97. The summed E-state index contributed by atoms with van der Waals surface area (Å²) in [5.74, 6) is -1.35. The molecule has 0 aromatic carbocycles. The fourth-order valence-electron chi connectivity index (χ4n) is 1.79. The van der Waals surface area contributed by atoms with Crippen molar-refractivity contribution in [1.82, 2.24) is 15.1 Å². The lowest BCUT2D eigenvalue weighted by molar-refractivity contribution is -0.143. The van der Waals surface area contributed by atoms with Crippen LogP contribution in [-0.4, -0.2) is 32.3 Å². The van der Waals surface area contributed by atoms with Crippen molar-refractivity contribution in [1.29, 1.82) is 0 Å². The number of aromatic nitrogens is 2. The number of nitrogens with one attached hydrogen (secondary N) is 1. The van der Waals surface area contributed by atoms with Gasteiger partial charge in [0, 0.05) is 0 Å². The maximum Gasteiger partial charge on any atom is 0.329 e. The molecule has 1 aromatic heterocycles. The second-order valence-corrected chi connectivity index (χ2v) is 4.96. The maximum atomic E-state index is 11.8. The smallest absolute Gasteiger partial charge is 0.329 e. The zero-order chi connectivity index (χ0) is 13.5. The van der Waals surface area contributed by atoms with E-state index in [0.29, 0.717) is 29.3 Å². The number of amides is 1. The van der Waals surface area contributed by atoms with E-state index in [9.17, 15) is 9.59 Å². The summed E-state index contributed by atoms with van der Waals surface area (Å²) in [6.07, 6.45) is 0.956. The van der Waals surface area contributed by atoms with E-state index in [1.54, 1.807) is 13.8 Å². The molecule has 1 heterocycles. The Kier molecular flexibility index (Phi) is 3.06. The molecule has 1 aromatic rings. The summed E-state index contributed by atoms with van der Waals surface area (Å²) in [7, 11) is 0. The molecule has 1 aliphatic rings. The Bertz CT molecular complexity index is 520.